The normalized spacial score (nSPS) is 46.2. The van der Waals surface area contributed by atoms with E-state index < -0.39 is 0 Å². The summed E-state index contributed by atoms with van der Waals surface area (Å²) in [6.07, 6.45) is 19.9. The van der Waals surface area contributed by atoms with Crippen LogP contribution in [0.5, 0.6) is 0 Å². The van der Waals surface area contributed by atoms with Crippen LogP contribution in [0.25, 0.3) is 0 Å². The lowest BCUT2D eigenvalue weighted by Gasteiger charge is -2.24. The number of aliphatic hydroxyl groups excluding tert-OH is 1. The molecule has 1 N–H and O–H groups in total. The summed E-state index contributed by atoms with van der Waals surface area (Å²) in [5.74, 6) is 5.82. The minimum Gasteiger partial charge on any atom is -0.393 e. The van der Waals surface area contributed by atoms with Crippen LogP contribution in [-0.4, -0.2) is 11.2 Å². The molecule has 1 nitrogen and oxygen atoms in total. The van der Waals surface area contributed by atoms with Crippen molar-refractivity contribution in [3.63, 3.8) is 0 Å². The third-order valence-electron chi connectivity index (χ3n) is 7.89. The van der Waals surface area contributed by atoms with Gasteiger partial charge in [0, 0.05) is 0 Å². The second-order valence-electron chi connectivity index (χ2n) is 9.41. The summed E-state index contributed by atoms with van der Waals surface area (Å²) in [6.45, 7) is 0. The average Bonchev–Trinajstić information content (AvgIpc) is 3.08. The third-order valence-corrected chi connectivity index (χ3v) is 7.89. The van der Waals surface area contributed by atoms with Gasteiger partial charge in [-0.25, -0.2) is 0 Å². The van der Waals surface area contributed by atoms with Gasteiger partial charge in [-0.05, 0) is 74.0 Å². The van der Waals surface area contributed by atoms with Crippen LogP contribution in [-0.2, 0) is 0 Å². The Morgan fingerprint density at radius 1 is 0.591 bits per heavy atom. The SMILES string of the molecule is OC(CC1CC2CCCCC2C1)CC1CC2CCCCC2C1. The number of rotatable bonds is 4. The lowest BCUT2D eigenvalue weighted by atomic mass is 9.82. The zero-order chi connectivity index (χ0) is 14.9. The largest absolute Gasteiger partial charge is 0.393 e. The molecule has 0 spiro atoms. The van der Waals surface area contributed by atoms with Gasteiger partial charge in [0.1, 0.15) is 0 Å². The molecule has 0 aromatic rings. The molecular weight excluding hydrogens is 268 g/mol. The number of hydrogen-bond acceptors (Lipinski definition) is 1. The number of hydrogen-bond donors (Lipinski definition) is 1. The topological polar surface area (TPSA) is 20.2 Å². The quantitative estimate of drug-likeness (QED) is 0.721. The first-order chi connectivity index (χ1) is 10.8. The molecule has 0 saturated heterocycles. The molecule has 1 heteroatoms. The molecule has 4 fully saturated rings. The van der Waals surface area contributed by atoms with E-state index in [9.17, 15) is 5.11 Å². The van der Waals surface area contributed by atoms with Crippen LogP contribution in [0, 0.1) is 35.5 Å². The number of fused-ring (bicyclic) bond motifs is 2. The maximum atomic E-state index is 10.6. The molecule has 4 aliphatic carbocycles. The molecule has 4 aliphatic rings. The van der Waals surface area contributed by atoms with Crippen molar-refractivity contribution in [1.82, 2.24) is 0 Å². The molecule has 0 bridgehead atoms. The minimum absolute atomic E-state index is 0.00954. The highest BCUT2D eigenvalue weighted by molar-refractivity contribution is 4.90. The van der Waals surface area contributed by atoms with Crippen LogP contribution in [0.15, 0.2) is 0 Å². The molecule has 4 atom stereocenters. The molecule has 0 aliphatic heterocycles. The first-order valence-corrected chi connectivity index (χ1v) is 10.5. The molecule has 0 amide bonds. The van der Waals surface area contributed by atoms with E-state index in [0.717, 1.165) is 48.3 Å². The summed E-state index contributed by atoms with van der Waals surface area (Å²) in [4.78, 5) is 0. The molecule has 4 unspecified atom stereocenters. The minimum atomic E-state index is 0.00954. The third kappa shape index (κ3) is 3.40. The number of aliphatic hydroxyl groups is 1. The fourth-order valence-electron chi connectivity index (χ4n) is 6.97. The molecule has 4 saturated carbocycles. The van der Waals surface area contributed by atoms with Crippen molar-refractivity contribution in [3.05, 3.63) is 0 Å². The monoisotopic (exact) mass is 304 g/mol. The zero-order valence-electron chi connectivity index (χ0n) is 14.4. The highest BCUT2D eigenvalue weighted by Crippen LogP contribution is 2.49. The van der Waals surface area contributed by atoms with Gasteiger partial charge < -0.3 is 5.11 Å². The summed E-state index contributed by atoms with van der Waals surface area (Å²) < 4.78 is 0. The van der Waals surface area contributed by atoms with Crippen LogP contribution in [0.2, 0.25) is 0 Å². The summed E-state index contributed by atoms with van der Waals surface area (Å²) in [6, 6.07) is 0. The fourth-order valence-corrected chi connectivity index (χ4v) is 6.97. The Morgan fingerprint density at radius 3 is 1.23 bits per heavy atom. The Morgan fingerprint density at radius 2 is 0.909 bits per heavy atom. The maximum absolute atomic E-state index is 10.6. The highest BCUT2D eigenvalue weighted by Gasteiger charge is 2.38. The summed E-state index contributed by atoms with van der Waals surface area (Å²) in [5.41, 5.74) is 0. The van der Waals surface area contributed by atoms with E-state index in [4.69, 9.17) is 0 Å². The fraction of sp³-hybridized carbons (Fsp3) is 1.00. The van der Waals surface area contributed by atoms with Crippen LogP contribution < -0.4 is 0 Å². The van der Waals surface area contributed by atoms with Crippen molar-refractivity contribution in [2.45, 2.75) is 96.0 Å². The molecule has 22 heavy (non-hydrogen) atoms. The Bertz CT molecular complexity index is 303. The lowest BCUT2D eigenvalue weighted by molar-refractivity contribution is 0.113. The van der Waals surface area contributed by atoms with Crippen molar-refractivity contribution < 1.29 is 5.11 Å². The summed E-state index contributed by atoms with van der Waals surface area (Å²) in [5, 5.41) is 10.6. The van der Waals surface area contributed by atoms with Gasteiger partial charge in [0.05, 0.1) is 6.10 Å². The maximum Gasteiger partial charge on any atom is 0.0545 e. The van der Waals surface area contributed by atoms with Gasteiger partial charge in [0.2, 0.25) is 0 Å². The van der Waals surface area contributed by atoms with Crippen LogP contribution in [0.3, 0.4) is 0 Å². The molecular formula is C21H36O. The van der Waals surface area contributed by atoms with Crippen LogP contribution >= 0.6 is 0 Å². The molecule has 126 valence electrons. The molecule has 0 aromatic heterocycles. The Hall–Kier alpha value is -0.0400. The van der Waals surface area contributed by atoms with E-state index in [1.807, 2.05) is 0 Å². The van der Waals surface area contributed by atoms with E-state index in [0.29, 0.717) is 0 Å². The van der Waals surface area contributed by atoms with Gasteiger partial charge in [-0.15, -0.1) is 0 Å². The predicted molar refractivity (Wildman–Crippen MR) is 91.6 cm³/mol. The first-order valence-electron chi connectivity index (χ1n) is 10.5. The average molecular weight is 305 g/mol. The van der Waals surface area contributed by atoms with Crippen molar-refractivity contribution in [3.8, 4) is 0 Å². The zero-order valence-corrected chi connectivity index (χ0v) is 14.4. The van der Waals surface area contributed by atoms with Crippen molar-refractivity contribution in [1.29, 1.82) is 0 Å². The van der Waals surface area contributed by atoms with Gasteiger partial charge in [-0.3, -0.25) is 0 Å². The summed E-state index contributed by atoms with van der Waals surface area (Å²) in [7, 11) is 0. The van der Waals surface area contributed by atoms with Gasteiger partial charge in [-0.1, -0.05) is 51.4 Å². The van der Waals surface area contributed by atoms with E-state index in [1.165, 1.54) is 77.0 Å². The lowest BCUT2D eigenvalue weighted by Crippen LogP contribution is -2.16. The van der Waals surface area contributed by atoms with Crippen molar-refractivity contribution in [2.24, 2.45) is 35.5 Å². The van der Waals surface area contributed by atoms with Gasteiger partial charge in [0.15, 0.2) is 0 Å². The van der Waals surface area contributed by atoms with E-state index in [2.05, 4.69) is 0 Å². The van der Waals surface area contributed by atoms with Crippen molar-refractivity contribution >= 4 is 0 Å². The van der Waals surface area contributed by atoms with Gasteiger partial charge in [-0.2, -0.15) is 0 Å². The van der Waals surface area contributed by atoms with Crippen molar-refractivity contribution in [2.75, 3.05) is 0 Å². The van der Waals surface area contributed by atoms with E-state index in [-0.39, 0.29) is 6.10 Å². The van der Waals surface area contributed by atoms with Gasteiger partial charge >= 0.3 is 0 Å². The standard InChI is InChI=1S/C21H36O/c22-21(13-15-9-17-5-1-2-6-18(17)10-15)14-16-11-19-7-3-4-8-20(19)12-16/h15-22H,1-14H2. The second kappa shape index (κ2) is 6.83. The molecule has 4 rings (SSSR count). The highest BCUT2D eigenvalue weighted by atomic mass is 16.3. The van der Waals surface area contributed by atoms with Gasteiger partial charge in [0.25, 0.3) is 0 Å². The molecule has 0 aromatic carbocycles. The summed E-state index contributed by atoms with van der Waals surface area (Å²) >= 11 is 0. The first kappa shape index (κ1) is 15.5. The Kier molecular flexibility index (Phi) is 4.81. The second-order valence-corrected chi connectivity index (χ2v) is 9.41. The predicted octanol–water partition coefficient (Wildman–Crippen LogP) is 5.56. The smallest absolute Gasteiger partial charge is 0.0545 e. The molecule has 0 radical (unpaired) electrons. The molecule has 0 heterocycles. The van der Waals surface area contributed by atoms with Crippen LogP contribution in [0.4, 0.5) is 0 Å². The van der Waals surface area contributed by atoms with E-state index in [1.54, 1.807) is 0 Å². The Balaban J connectivity index is 1.22. The van der Waals surface area contributed by atoms with Crippen LogP contribution in [0.1, 0.15) is 89.9 Å². The van der Waals surface area contributed by atoms with E-state index >= 15 is 0 Å². The Labute approximate surface area is 137 Å².